The summed E-state index contributed by atoms with van der Waals surface area (Å²) in [6.45, 7) is 2.60. The Labute approximate surface area is 185 Å². The third-order valence-electron chi connectivity index (χ3n) is 5.49. The highest BCUT2D eigenvalue weighted by Gasteiger charge is 2.44. The molecule has 0 bridgehead atoms. The average molecular weight is 437 g/mol. The highest BCUT2D eigenvalue weighted by Crippen LogP contribution is 2.47. The number of thiazole rings is 1. The summed E-state index contributed by atoms with van der Waals surface area (Å²) in [4.78, 5) is 17.2. The Morgan fingerprint density at radius 2 is 1.90 bits per heavy atom. The van der Waals surface area contributed by atoms with Crippen LogP contribution in [0.15, 0.2) is 47.8 Å². The molecular weight excluding hydrogens is 412 g/mol. The van der Waals surface area contributed by atoms with E-state index in [4.69, 9.17) is 14.2 Å². The van der Waals surface area contributed by atoms with Crippen LogP contribution in [0.3, 0.4) is 0 Å². The lowest BCUT2D eigenvalue weighted by Crippen LogP contribution is -2.34. The van der Waals surface area contributed by atoms with Gasteiger partial charge in [-0.15, -0.1) is 11.3 Å². The van der Waals surface area contributed by atoms with Crippen LogP contribution < -0.4 is 19.5 Å². The van der Waals surface area contributed by atoms with Crippen molar-refractivity contribution in [2.45, 2.75) is 44.8 Å². The SMILES string of the molecule is CCOc1ccc(-c2nc(CC(=O)Nc3ccc4c(c3)OC3(CCCC3)O4)cs2)cc1. The number of rotatable bonds is 6. The Morgan fingerprint density at radius 1 is 1.13 bits per heavy atom. The van der Waals surface area contributed by atoms with Crippen LogP contribution in [-0.4, -0.2) is 23.3 Å². The van der Waals surface area contributed by atoms with E-state index in [0.29, 0.717) is 18.0 Å². The van der Waals surface area contributed by atoms with Gasteiger partial charge in [-0.3, -0.25) is 4.79 Å². The maximum Gasteiger partial charge on any atom is 0.251 e. The van der Waals surface area contributed by atoms with Crippen LogP contribution in [0.1, 0.15) is 38.3 Å². The number of benzene rings is 2. The monoisotopic (exact) mass is 436 g/mol. The van der Waals surface area contributed by atoms with Gasteiger partial charge in [-0.1, -0.05) is 0 Å². The summed E-state index contributed by atoms with van der Waals surface area (Å²) in [5, 5.41) is 5.75. The number of nitrogens with one attached hydrogen (secondary N) is 1. The van der Waals surface area contributed by atoms with Gasteiger partial charge in [0.2, 0.25) is 5.91 Å². The van der Waals surface area contributed by atoms with Crippen LogP contribution in [0, 0.1) is 0 Å². The molecule has 1 aliphatic heterocycles. The first-order valence-electron chi connectivity index (χ1n) is 10.6. The van der Waals surface area contributed by atoms with Gasteiger partial charge < -0.3 is 19.5 Å². The second-order valence-corrected chi connectivity index (χ2v) is 8.67. The number of ether oxygens (including phenoxy) is 3. The third kappa shape index (κ3) is 4.23. The molecule has 2 heterocycles. The van der Waals surface area contributed by atoms with Crippen LogP contribution in [0.2, 0.25) is 0 Å². The molecule has 1 aliphatic carbocycles. The van der Waals surface area contributed by atoms with Crippen molar-refractivity contribution in [3.05, 3.63) is 53.5 Å². The molecule has 0 saturated heterocycles. The Bertz CT molecular complexity index is 1090. The first kappa shape index (κ1) is 19.9. The Kier molecular flexibility index (Phi) is 5.28. The van der Waals surface area contributed by atoms with E-state index in [-0.39, 0.29) is 12.3 Å². The topological polar surface area (TPSA) is 69.7 Å². The fourth-order valence-electron chi connectivity index (χ4n) is 4.04. The molecule has 1 aromatic heterocycles. The molecule has 2 aromatic carbocycles. The minimum absolute atomic E-state index is 0.113. The van der Waals surface area contributed by atoms with E-state index in [1.54, 1.807) is 0 Å². The second kappa shape index (κ2) is 8.23. The maximum atomic E-state index is 12.6. The lowest BCUT2D eigenvalue weighted by atomic mass is 10.2. The molecule has 1 amide bonds. The number of fused-ring (bicyclic) bond motifs is 1. The summed E-state index contributed by atoms with van der Waals surface area (Å²) in [5.41, 5.74) is 2.46. The van der Waals surface area contributed by atoms with Crippen molar-refractivity contribution in [1.29, 1.82) is 0 Å². The van der Waals surface area contributed by atoms with Crippen molar-refractivity contribution in [3.8, 4) is 27.8 Å². The highest BCUT2D eigenvalue weighted by atomic mass is 32.1. The molecule has 31 heavy (non-hydrogen) atoms. The first-order valence-corrected chi connectivity index (χ1v) is 11.5. The number of nitrogens with zero attached hydrogens (tertiary/aromatic N) is 1. The van der Waals surface area contributed by atoms with Gasteiger partial charge in [0.05, 0.1) is 18.7 Å². The highest BCUT2D eigenvalue weighted by molar-refractivity contribution is 7.13. The molecule has 6 nitrogen and oxygen atoms in total. The predicted molar refractivity (Wildman–Crippen MR) is 120 cm³/mol. The zero-order chi connectivity index (χ0) is 21.3. The zero-order valence-electron chi connectivity index (χ0n) is 17.3. The maximum absolute atomic E-state index is 12.6. The average Bonchev–Trinajstić information content (AvgIpc) is 3.49. The minimum Gasteiger partial charge on any atom is -0.494 e. The number of carbonyl (C=O) groups is 1. The van der Waals surface area contributed by atoms with Crippen molar-refractivity contribution >= 4 is 22.9 Å². The minimum atomic E-state index is -0.497. The van der Waals surface area contributed by atoms with Crippen molar-refractivity contribution in [1.82, 2.24) is 4.98 Å². The summed E-state index contributed by atoms with van der Waals surface area (Å²) in [7, 11) is 0. The van der Waals surface area contributed by atoms with Gasteiger partial charge in [-0.05, 0) is 56.2 Å². The molecule has 7 heteroatoms. The molecule has 1 fully saturated rings. The fourth-order valence-corrected chi connectivity index (χ4v) is 4.87. The Hall–Kier alpha value is -3.06. The predicted octanol–water partition coefficient (Wildman–Crippen LogP) is 5.43. The van der Waals surface area contributed by atoms with E-state index >= 15 is 0 Å². The summed E-state index contributed by atoms with van der Waals surface area (Å²) < 4.78 is 17.6. The van der Waals surface area contributed by atoms with E-state index in [1.165, 1.54) is 11.3 Å². The number of anilines is 1. The van der Waals surface area contributed by atoms with Crippen molar-refractivity contribution < 1.29 is 19.0 Å². The molecular formula is C24H24N2O4S. The lowest BCUT2D eigenvalue weighted by molar-refractivity contribution is -0.115. The van der Waals surface area contributed by atoms with E-state index in [1.807, 2.05) is 54.8 Å². The second-order valence-electron chi connectivity index (χ2n) is 7.81. The van der Waals surface area contributed by atoms with Crippen LogP contribution in [0.25, 0.3) is 10.6 Å². The first-order chi connectivity index (χ1) is 15.1. The number of hydrogen-bond donors (Lipinski definition) is 1. The van der Waals surface area contributed by atoms with Crippen LogP contribution in [0.4, 0.5) is 5.69 Å². The number of carbonyl (C=O) groups excluding carboxylic acids is 1. The summed E-state index contributed by atoms with van der Waals surface area (Å²) in [5.74, 6) is 1.68. The van der Waals surface area contributed by atoms with Crippen molar-refractivity contribution in [2.24, 2.45) is 0 Å². The van der Waals surface area contributed by atoms with Gasteiger partial charge in [0.1, 0.15) is 10.8 Å². The van der Waals surface area contributed by atoms with Gasteiger partial charge >= 0.3 is 0 Å². The zero-order valence-corrected chi connectivity index (χ0v) is 18.2. The van der Waals surface area contributed by atoms with Gasteiger partial charge in [0.25, 0.3) is 5.79 Å². The molecule has 0 atom stereocenters. The third-order valence-corrected chi connectivity index (χ3v) is 6.43. The summed E-state index contributed by atoms with van der Waals surface area (Å²) in [6.07, 6.45) is 4.26. The normalized spacial score (nSPS) is 15.9. The summed E-state index contributed by atoms with van der Waals surface area (Å²) >= 11 is 1.53. The largest absolute Gasteiger partial charge is 0.494 e. The van der Waals surface area contributed by atoms with Crippen LogP contribution >= 0.6 is 11.3 Å². The van der Waals surface area contributed by atoms with Crippen molar-refractivity contribution in [2.75, 3.05) is 11.9 Å². The van der Waals surface area contributed by atoms with Gasteiger partial charge in [0.15, 0.2) is 11.5 Å². The quantitative estimate of drug-likeness (QED) is 0.558. The molecule has 1 spiro atoms. The van der Waals surface area contributed by atoms with E-state index < -0.39 is 5.79 Å². The molecule has 3 aromatic rings. The molecule has 5 rings (SSSR count). The molecule has 0 unspecified atom stereocenters. The lowest BCUT2D eigenvalue weighted by Gasteiger charge is -2.21. The molecule has 1 N–H and O–H groups in total. The number of amides is 1. The number of aromatic nitrogens is 1. The smallest absolute Gasteiger partial charge is 0.251 e. The Morgan fingerprint density at radius 3 is 2.68 bits per heavy atom. The van der Waals surface area contributed by atoms with E-state index in [0.717, 1.165) is 53.4 Å². The Balaban J connectivity index is 1.21. The van der Waals surface area contributed by atoms with Gasteiger partial charge in [0, 0.05) is 35.5 Å². The number of hydrogen-bond acceptors (Lipinski definition) is 6. The fraction of sp³-hybridized carbons (Fsp3) is 0.333. The van der Waals surface area contributed by atoms with Crippen LogP contribution in [-0.2, 0) is 11.2 Å². The summed E-state index contributed by atoms with van der Waals surface area (Å²) in [6, 6.07) is 13.4. The molecule has 160 valence electrons. The van der Waals surface area contributed by atoms with Gasteiger partial charge in [-0.2, -0.15) is 0 Å². The molecule has 1 saturated carbocycles. The van der Waals surface area contributed by atoms with E-state index in [9.17, 15) is 4.79 Å². The van der Waals surface area contributed by atoms with Crippen molar-refractivity contribution in [3.63, 3.8) is 0 Å². The van der Waals surface area contributed by atoms with Gasteiger partial charge in [-0.25, -0.2) is 4.98 Å². The van der Waals surface area contributed by atoms with E-state index in [2.05, 4.69) is 10.3 Å². The molecule has 2 aliphatic rings. The standard InChI is InChI=1S/C24H24N2O4S/c1-2-28-19-8-5-16(6-9-19)23-26-18(15-31-23)14-22(27)25-17-7-10-20-21(13-17)30-24(29-20)11-3-4-12-24/h5-10,13,15H,2-4,11-12,14H2,1H3,(H,25,27). The van der Waals surface area contributed by atoms with Crippen LogP contribution in [0.5, 0.6) is 17.2 Å². The molecule has 0 radical (unpaired) electrons.